The van der Waals surface area contributed by atoms with Gasteiger partial charge in [-0.25, -0.2) is 14.5 Å². The number of nitrogens with one attached hydrogen (secondary N) is 3. The Labute approximate surface area is 204 Å². The number of alkyl halides is 3. The molecular formula is C23H26F3N7O3. The monoisotopic (exact) mass is 505 g/mol. The second-order valence-corrected chi connectivity index (χ2v) is 8.57. The second-order valence-electron chi connectivity index (χ2n) is 8.57. The number of carboxylic acid groups (broad SMARTS) is 1. The average molecular weight is 506 g/mol. The number of fused-ring (bicyclic) bond motifs is 2. The number of H-pyrrole nitrogens is 1. The molecule has 4 N–H and O–H groups in total. The van der Waals surface area contributed by atoms with Crippen LogP contribution in [0.3, 0.4) is 0 Å². The molecule has 36 heavy (non-hydrogen) atoms. The number of rotatable bonds is 5. The number of benzene rings is 1. The van der Waals surface area contributed by atoms with Gasteiger partial charge in [0, 0.05) is 43.5 Å². The third kappa shape index (κ3) is 5.57. The van der Waals surface area contributed by atoms with Crippen LogP contribution in [0.2, 0.25) is 0 Å². The first-order valence-electron chi connectivity index (χ1n) is 11.3. The van der Waals surface area contributed by atoms with Crippen LogP contribution < -0.4 is 10.6 Å². The van der Waals surface area contributed by atoms with Crippen LogP contribution in [-0.2, 0) is 28.1 Å². The van der Waals surface area contributed by atoms with E-state index in [0.29, 0.717) is 13.1 Å². The lowest BCUT2D eigenvalue weighted by Crippen LogP contribution is -2.55. The van der Waals surface area contributed by atoms with Gasteiger partial charge in [-0.1, -0.05) is 18.2 Å². The Bertz CT molecular complexity index is 1190. The zero-order valence-electron chi connectivity index (χ0n) is 19.3. The molecule has 5 rings (SSSR count). The number of carbonyl (C=O) groups excluding carboxylic acids is 1. The van der Waals surface area contributed by atoms with Gasteiger partial charge in [0.1, 0.15) is 0 Å². The molecule has 4 heterocycles. The van der Waals surface area contributed by atoms with Crippen LogP contribution in [0.25, 0.3) is 5.69 Å². The van der Waals surface area contributed by atoms with E-state index in [9.17, 15) is 18.0 Å². The summed E-state index contributed by atoms with van der Waals surface area (Å²) < 4.78 is 33.6. The largest absolute Gasteiger partial charge is 0.490 e. The third-order valence-electron chi connectivity index (χ3n) is 6.25. The van der Waals surface area contributed by atoms with E-state index in [-0.39, 0.29) is 11.4 Å². The number of aromatic amines is 1. The predicted molar refractivity (Wildman–Crippen MR) is 122 cm³/mol. The Morgan fingerprint density at radius 1 is 1.22 bits per heavy atom. The Morgan fingerprint density at radius 2 is 1.97 bits per heavy atom. The Balaban J connectivity index is 0.000000384. The second kappa shape index (κ2) is 10.5. The summed E-state index contributed by atoms with van der Waals surface area (Å²) in [6, 6.07) is 9.95. The molecule has 2 aliphatic rings. The molecule has 2 aromatic heterocycles. The van der Waals surface area contributed by atoms with E-state index in [0.717, 1.165) is 49.4 Å². The van der Waals surface area contributed by atoms with Crippen LogP contribution in [-0.4, -0.2) is 74.0 Å². The molecule has 10 nitrogen and oxygen atoms in total. The van der Waals surface area contributed by atoms with E-state index in [4.69, 9.17) is 9.90 Å². The van der Waals surface area contributed by atoms with Gasteiger partial charge in [-0.2, -0.15) is 18.3 Å². The van der Waals surface area contributed by atoms with Crippen molar-refractivity contribution < 1.29 is 27.9 Å². The van der Waals surface area contributed by atoms with E-state index in [1.165, 1.54) is 5.69 Å². The smallest absolute Gasteiger partial charge is 0.475 e. The van der Waals surface area contributed by atoms with E-state index in [1.54, 1.807) is 12.5 Å². The van der Waals surface area contributed by atoms with Crippen LogP contribution in [0.4, 0.5) is 13.2 Å². The summed E-state index contributed by atoms with van der Waals surface area (Å²) in [4.78, 5) is 31.8. The predicted octanol–water partition coefficient (Wildman–Crippen LogP) is 1.59. The van der Waals surface area contributed by atoms with Gasteiger partial charge in [-0.05, 0) is 25.1 Å². The molecule has 1 aromatic carbocycles. The molecule has 0 aliphatic carbocycles. The minimum atomic E-state index is -5.08. The zero-order valence-corrected chi connectivity index (χ0v) is 19.3. The van der Waals surface area contributed by atoms with Crippen molar-refractivity contribution in [1.29, 1.82) is 0 Å². The molecular weight excluding hydrogens is 479 g/mol. The number of aromatic nitrogens is 4. The van der Waals surface area contributed by atoms with Crippen molar-refractivity contribution in [1.82, 2.24) is 35.3 Å². The van der Waals surface area contributed by atoms with E-state index in [1.807, 2.05) is 41.2 Å². The fourth-order valence-electron chi connectivity index (χ4n) is 4.51. The quantitative estimate of drug-likeness (QED) is 0.415. The summed E-state index contributed by atoms with van der Waals surface area (Å²) in [5, 5.41) is 18.0. The number of aliphatic carboxylic acids is 1. The lowest BCUT2D eigenvalue weighted by atomic mass is 9.86. The summed E-state index contributed by atoms with van der Waals surface area (Å²) in [5.41, 5.74) is 4.12. The maximum Gasteiger partial charge on any atom is 0.490 e. The fraction of sp³-hybridized carbons (Fsp3) is 0.391. The summed E-state index contributed by atoms with van der Waals surface area (Å²) in [7, 11) is 0. The van der Waals surface area contributed by atoms with Crippen molar-refractivity contribution >= 4 is 11.9 Å². The lowest BCUT2D eigenvalue weighted by Gasteiger charge is -2.43. The molecule has 0 saturated carbocycles. The van der Waals surface area contributed by atoms with Crippen molar-refractivity contribution in [2.24, 2.45) is 0 Å². The first-order valence-corrected chi connectivity index (χ1v) is 11.3. The summed E-state index contributed by atoms with van der Waals surface area (Å²) >= 11 is 0. The fourth-order valence-corrected chi connectivity index (χ4v) is 4.51. The zero-order chi connectivity index (χ0) is 25.8. The van der Waals surface area contributed by atoms with Crippen molar-refractivity contribution in [3.63, 3.8) is 0 Å². The summed E-state index contributed by atoms with van der Waals surface area (Å²) in [5.74, 6) is -2.73. The van der Waals surface area contributed by atoms with Gasteiger partial charge in [-0.3, -0.25) is 9.69 Å². The first-order chi connectivity index (χ1) is 17.2. The number of imidazole rings is 1. The van der Waals surface area contributed by atoms with Crippen LogP contribution in [0, 0.1) is 0 Å². The van der Waals surface area contributed by atoms with E-state index >= 15 is 0 Å². The molecule has 3 aromatic rings. The third-order valence-corrected chi connectivity index (χ3v) is 6.25. The van der Waals surface area contributed by atoms with Crippen molar-refractivity contribution in [2.45, 2.75) is 31.1 Å². The Hall–Kier alpha value is -3.71. The number of para-hydroxylation sites is 1. The highest BCUT2D eigenvalue weighted by molar-refractivity contribution is 5.78. The molecule has 1 amide bonds. The van der Waals surface area contributed by atoms with Crippen molar-refractivity contribution in [3.8, 4) is 5.69 Å². The molecule has 13 heteroatoms. The van der Waals surface area contributed by atoms with Gasteiger partial charge in [0.2, 0.25) is 5.91 Å². The van der Waals surface area contributed by atoms with Crippen LogP contribution in [0.5, 0.6) is 0 Å². The number of hydrogen-bond donors (Lipinski definition) is 4. The number of hydrogen-bond acceptors (Lipinski definition) is 6. The molecule has 1 saturated heterocycles. The molecule has 0 radical (unpaired) electrons. The summed E-state index contributed by atoms with van der Waals surface area (Å²) in [6.07, 6.45) is 2.32. The normalized spacial score (nSPS) is 19.4. The maximum absolute atomic E-state index is 12.7. The standard InChI is InChI=1S/C21H25N7O.C2HF3O2/c29-19(23-10-16-11-26-28(12-16)17-4-2-1-3-5-17)13-27-9-6-18-20(25-15-24-18)21(27)7-8-22-14-21;3-2(4,5)1(6)7/h1-5,11-12,15,22H,6-10,13-14H2,(H,23,29)(H,24,25);(H,6,7). The highest BCUT2D eigenvalue weighted by Gasteiger charge is 2.47. The maximum atomic E-state index is 12.7. The Kier molecular flexibility index (Phi) is 7.40. The SMILES string of the molecule is O=C(CN1CCc2[nH]cnc2C12CCNC2)NCc1cnn(-c2ccccc2)c1.O=C(O)C(F)(F)F. The number of halogens is 3. The van der Waals surface area contributed by atoms with Crippen LogP contribution in [0.1, 0.15) is 23.4 Å². The molecule has 1 spiro atoms. The van der Waals surface area contributed by atoms with Gasteiger partial charge in [-0.15, -0.1) is 0 Å². The molecule has 1 fully saturated rings. The number of nitrogens with zero attached hydrogens (tertiary/aromatic N) is 4. The number of carbonyl (C=O) groups is 2. The number of carboxylic acids is 1. The molecule has 1 unspecified atom stereocenters. The van der Waals surface area contributed by atoms with E-state index < -0.39 is 12.1 Å². The lowest BCUT2D eigenvalue weighted by molar-refractivity contribution is -0.192. The van der Waals surface area contributed by atoms with Gasteiger partial charge in [0.05, 0.1) is 36.0 Å². The van der Waals surface area contributed by atoms with E-state index in [2.05, 4.69) is 30.6 Å². The highest BCUT2D eigenvalue weighted by Crippen LogP contribution is 2.38. The molecule has 0 bridgehead atoms. The van der Waals surface area contributed by atoms with Gasteiger partial charge in [0.15, 0.2) is 0 Å². The minimum absolute atomic E-state index is 0.0303. The first kappa shape index (κ1) is 25.4. The molecule has 192 valence electrons. The van der Waals surface area contributed by atoms with Gasteiger partial charge in [0.25, 0.3) is 0 Å². The summed E-state index contributed by atoms with van der Waals surface area (Å²) in [6.45, 7) is 3.49. The van der Waals surface area contributed by atoms with Gasteiger partial charge >= 0.3 is 12.1 Å². The molecule has 1 atom stereocenters. The van der Waals surface area contributed by atoms with Gasteiger partial charge < -0.3 is 20.7 Å². The van der Waals surface area contributed by atoms with Crippen LogP contribution >= 0.6 is 0 Å². The average Bonchev–Trinajstić information content (AvgIpc) is 3.62. The minimum Gasteiger partial charge on any atom is -0.475 e. The van der Waals surface area contributed by atoms with Crippen LogP contribution in [0.15, 0.2) is 49.1 Å². The molecule has 2 aliphatic heterocycles. The topological polar surface area (TPSA) is 128 Å². The highest BCUT2D eigenvalue weighted by atomic mass is 19.4. The van der Waals surface area contributed by atoms with Crippen molar-refractivity contribution in [3.05, 3.63) is 66.0 Å². The Morgan fingerprint density at radius 3 is 2.64 bits per heavy atom. The van der Waals surface area contributed by atoms with Crippen molar-refractivity contribution in [2.75, 3.05) is 26.2 Å². The number of amides is 1.